The molecule has 0 unspecified atom stereocenters. The Kier molecular flexibility index (Phi) is 6.84. The van der Waals surface area contributed by atoms with Gasteiger partial charge in [0.2, 0.25) is 5.91 Å². The maximum atomic E-state index is 12.6. The number of nitrogens with zero attached hydrogens (tertiary/aromatic N) is 1. The van der Waals surface area contributed by atoms with E-state index < -0.39 is 0 Å². The monoisotopic (exact) mass is 406 g/mol. The maximum absolute atomic E-state index is 12.6. The highest BCUT2D eigenvalue weighted by Crippen LogP contribution is 2.26. The molecule has 0 radical (unpaired) electrons. The van der Waals surface area contributed by atoms with Gasteiger partial charge < -0.3 is 14.8 Å². The van der Waals surface area contributed by atoms with E-state index in [9.17, 15) is 4.79 Å². The SMILES string of the molecule is COc1ccc(Br)cc1CN(C)[C@H](C)C(=O)Nc1ccccc1OC. The zero-order chi connectivity index (χ0) is 18.4. The Morgan fingerprint density at radius 3 is 2.52 bits per heavy atom. The van der Waals surface area contributed by atoms with Crippen LogP contribution in [0.25, 0.3) is 0 Å². The van der Waals surface area contributed by atoms with Gasteiger partial charge in [-0.15, -0.1) is 0 Å². The lowest BCUT2D eigenvalue weighted by Gasteiger charge is -2.25. The lowest BCUT2D eigenvalue weighted by molar-refractivity contribution is -0.120. The van der Waals surface area contributed by atoms with Crippen LogP contribution in [-0.2, 0) is 11.3 Å². The number of hydrogen-bond acceptors (Lipinski definition) is 4. The van der Waals surface area contributed by atoms with Crippen LogP contribution in [-0.4, -0.2) is 38.1 Å². The summed E-state index contributed by atoms with van der Waals surface area (Å²) in [6.45, 7) is 2.46. The van der Waals surface area contributed by atoms with Crippen LogP contribution in [0, 0.1) is 0 Å². The first-order chi connectivity index (χ1) is 12.0. The van der Waals surface area contributed by atoms with Crippen LogP contribution >= 0.6 is 15.9 Å². The summed E-state index contributed by atoms with van der Waals surface area (Å²) in [7, 11) is 5.14. The van der Waals surface area contributed by atoms with Gasteiger partial charge in [-0.1, -0.05) is 28.1 Å². The second kappa shape index (κ2) is 8.87. The van der Waals surface area contributed by atoms with Gasteiger partial charge in [0.15, 0.2) is 0 Å². The fraction of sp³-hybridized carbons (Fsp3) is 0.316. The van der Waals surface area contributed by atoms with Crippen molar-refractivity contribution < 1.29 is 14.3 Å². The Bertz CT molecular complexity index is 736. The van der Waals surface area contributed by atoms with Crippen molar-refractivity contribution in [3.8, 4) is 11.5 Å². The number of methoxy groups -OCH3 is 2. The zero-order valence-corrected chi connectivity index (χ0v) is 16.5. The molecule has 2 aromatic rings. The molecule has 0 bridgehead atoms. The molecular weight excluding hydrogens is 384 g/mol. The van der Waals surface area contributed by atoms with Gasteiger partial charge in [0.05, 0.1) is 25.9 Å². The van der Waals surface area contributed by atoms with Crippen molar-refractivity contribution in [2.24, 2.45) is 0 Å². The van der Waals surface area contributed by atoms with Gasteiger partial charge in [-0.05, 0) is 44.3 Å². The number of anilines is 1. The van der Waals surface area contributed by atoms with Gasteiger partial charge >= 0.3 is 0 Å². The standard InChI is InChI=1S/C19H23BrN2O3/c1-13(19(23)21-16-7-5-6-8-18(16)25-4)22(2)12-14-11-15(20)9-10-17(14)24-3/h5-11,13H,12H2,1-4H3,(H,21,23)/t13-/m1/s1. The first kappa shape index (κ1) is 19.3. The maximum Gasteiger partial charge on any atom is 0.241 e. The van der Waals surface area contributed by atoms with Gasteiger partial charge in [0.1, 0.15) is 11.5 Å². The van der Waals surface area contributed by atoms with Crippen LogP contribution in [0.1, 0.15) is 12.5 Å². The molecule has 0 aliphatic heterocycles. The fourth-order valence-corrected chi connectivity index (χ4v) is 2.87. The van der Waals surface area contributed by atoms with Crippen molar-refractivity contribution in [3.63, 3.8) is 0 Å². The summed E-state index contributed by atoms with van der Waals surface area (Å²) in [5.74, 6) is 1.34. The minimum atomic E-state index is -0.325. The molecule has 2 rings (SSSR count). The molecule has 6 heteroatoms. The molecule has 1 atom stereocenters. The molecule has 134 valence electrons. The van der Waals surface area contributed by atoms with E-state index in [-0.39, 0.29) is 11.9 Å². The van der Waals surface area contributed by atoms with Gasteiger partial charge in [-0.2, -0.15) is 0 Å². The first-order valence-corrected chi connectivity index (χ1v) is 8.72. The number of rotatable bonds is 7. The highest BCUT2D eigenvalue weighted by atomic mass is 79.9. The summed E-state index contributed by atoms with van der Waals surface area (Å²) >= 11 is 3.47. The minimum absolute atomic E-state index is 0.0963. The van der Waals surface area contributed by atoms with Crippen LogP contribution < -0.4 is 14.8 Å². The number of carbonyl (C=O) groups is 1. The van der Waals surface area contributed by atoms with Crippen molar-refractivity contribution in [1.29, 1.82) is 0 Å². The fourth-order valence-electron chi connectivity index (χ4n) is 2.46. The largest absolute Gasteiger partial charge is 0.496 e. The number of carbonyl (C=O) groups excluding carboxylic acids is 1. The highest BCUT2D eigenvalue weighted by Gasteiger charge is 2.20. The van der Waals surface area contributed by atoms with Gasteiger partial charge in [-0.3, -0.25) is 9.69 Å². The Balaban J connectivity index is 2.07. The molecule has 0 spiro atoms. The molecule has 0 heterocycles. The Morgan fingerprint density at radius 1 is 1.16 bits per heavy atom. The molecule has 0 aliphatic rings. The Labute approximate surface area is 157 Å². The van der Waals surface area contributed by atoms with E-state index in [0.29, 0.717) is 18.0 Å². The number of hydrogen-bond donors (Lipinski definition) is 1. The van der Waals surface area contributed by atoms with E-state index in [1.807, 2.05) is 61.3 Å². The topological polar surface area (TPSA) is 50.8 Å². The van der Waals surface area contributed by atoms with Crippen LogP contribution in [0.3, 0.4) is 0 Å². The predicted octanol–water partition coefficient (Wildman–Crippen LogP) is 3.93. The van der Waals surface area contributed by atoms with Crippen LogP contribution in [0.2, 0.25) is 0 Å². The van der Waals surface area contributed by atoms with E-state index in [4.69, 9.17) is 9.47 Å². The summed E-state index contributed by atoms with van der Waals surface area (Å²) in [6, 6.07) is 12.9. The average molecular weight is 407 g/mol. The molecule has 0 fully saturated rings. The second-order valence-corrected chi connectivity index (χ2v) is 6.65. The van der Waals surface area contributed by atoms with Gasteiger partial charge in [0, 0.05) is 16.6 Å². The quantitative estimate of drug-likeness (QED) is 0.756. The lowest BCUT2D eigenvalue weighted by atomic mass is 10.1. The van der Waals surface area contributed by atoms with E-state index in [2.05, 4.69) is 21.2 Å². The van der Waals surface area contributed by atoms with Crippen molar-refractivity contribution in [2.75, 3.05) is 26.6 Å². The molecule has 0 saturated carbocycles. The number of ether oxygens (including phenoxy) is 2. The van der Waals surface area contributed by atoms with E-state index in [1.54, 1.807) is 14.2 Å². The summed E-state index contributed by atoms with van der Waals surface area (Å²) in [5.41, 5.74) is 1.67. The van der Waals surface area contributed by atoms with Crippen molar-refractivity contribution in [2.45, 2.75) is 19.5 Å². The summed E-state index contributed by atoms with van der Waals surface area (Å²) < 4.78 is 11.7. The third kappa shape index (κ3) is 4.96. The zero-order valence-electron chi connectivity index (χ0n) is 14.9. The van der Waals surface area contributed by atoms with Crippen molar-refractivity contribution in [1.82, 2.24) is 4.90 Å². The molecule has 0 saturated heterocycles. The number of amides is 1. The highest BCUT2D eigenvalue weighted by molar-refractivity contribution is 9.10. The Hall–Kier alpha value is -2.05. The molecular formula is C19H23BrN2O3. The number of nitrogens with one attached hydrogen (secondary N) is 1. The predicted molar refractivity (Wildman–Crippen MR) is 103 cm³/mol. The molecule has 0 aromatic heterocycles. The summed E-state index contributed by atoms with van der Waals surface area (Å²) in [4.78, 5) is 14.6. The van der Waals surface area contributed by atoms with Gasteiger partial charge in [0.25, 0.3) is 0 Å². The number of halogens is 1. The summed E-state index contributed by atoms with van der Waals surface area (Å²) in [5, 5.41) is 2.92. The summed E-state index contributed by atoms with van der Waals surface area (Å²) in [6.07, 6.45) is 0. The van der Waals surface area contributed by atoms with Crippen LogP contribution in [0.4, 0.5) is 5.69 Å². The minimum Gasteiger partial charge on any atom is -0.496 e. The lowest BCUT2D eigenvalue weighted by Crippen LogP contribution is -2.39. The number of para-hydroxylation sites is 2. The Morgan fingerprint density at radius 2 is 1.84 bits per heavy atom. The smallest absolute Gasteiger partial charge is 0.241 e. The van der Waals surface area contributed by atoms with Crippen LogP contribution in [0.15, 0.2) is 46.9 Å². The van der Waals surface area contributed by atoms with E-state index >= 15 is 0 Å². The molecule has 5 nitrogen and oxygen atoms in total. The average Bonchev–Trinajstić information content (AvgIpc) is 2.61. The van der Waals surface area contributed by atoms with E-state index in [0.717, 1.165) is 15.8 Å². The van der Waals surface area contributed by atoms with E-state index in [1.165, 1.54) is 0 Å². The molecule has 0 aliphatic carbocycles. The second-order valence-electron chi connectivity index (χ2n) is 5.74. The van der Waals surface area contributed by atoms with Crippen molar-refractivity contribution >= 4 is 27.5 Å². The molecule has 2 aromatic carbocycles. The molecule has 25 heavy (non-hydrogen) atoms. The van der Waals surface area contributed by atoms with Crippen molar-refractivity contribution in [3.05, 3.63) is 52.5 Å². The number of likely N-dealkylation sites (N-methyl/N-ethyl adjacent to an activating group) is 1. The third-order valence-electron chi connectivity index (χ3n) is 4.07. The molecule has 1 amide bonds. The third-order valence-corrected chi connectivity index (χ3v) is 4.56. The molecule has 1 N–H and O–H groups in total. The first-order valence-electron chi connectivity index (χ1n) is 7.92. The normalized spacial score (nSPS) is 11.9. The number of benzene rings is 2. The van der Waals surface area contributed by atoms with Crippen LogP contribution in [0.5, 0.6) is 11.5 Å². The van der Waals surface area contributed by atoms with Gasteiger partial charge in [-0.25, -0.2) is 0 Å².